The quantitative estimate of drug-likeness (QED) is 0.773. The van der Waals surface area contributed by atoms with Crippen molar-refractivity contribution in [1.82, 2.24) is 9.78 Å². The predicted octanol–water partition coefficient (Wildman–Crippen LogP) is 2.39. The third-order valence-corrected chi connectivity index (χ3v) is 5.88. The molecule has 2 bridgehead atoms. The predicted molar refractivity (Wildman–Crippen MR) is 90.1 cm³/mol. The van der Waals surface area contributed by atoms with Crippen LogP contribution in [-0.2, 0) is 20.9 Å². The first-order valence-corrected chi connectivity index (χ1v) is 8.92. The molecule has 1 aromatic heterocycles. The summed E-state index contributed by atoms with van der Waals surface area (Å²) in [6.07, 6.45) is 2.92. The summed E-state index contributed by atoms with van der Waals surface area (Å²) in [6.45, 7) is 0.114. The maximum Gasteiger partial charge on any atom is 0.241 e. The summed E-state index contributed by atoms with van der Waals surface area (Å²) >= 11 is 6.05. The molecule has 3 saturated heterocycles. The van der Waals surface area contributed by atoms with Gasteiger partial charge >= 0.3 is 0 Å². The van der Waals surface area contributed by atoms with Gasteiger partial charge in [-0.05, 0) is 25.0 Å². The third-order valence-electron chi connectivity index (χ3n) is 5.52. The van der Waals surface area contributed by atoms with Crippen molar-refractivity contribution in [2.24, 2.45) is 11.8 Å². The molecule has 2 amide bonds. The molecule has 5 rings (SSSR count). The molecule has 8 heteroatoms. The van der Waals surface area contributed by atoms with Gasteiger partial charge in [-0.15, -0.1) is 0 Å². The van der Waals surface area contributed by atoms with Crippen molar-refractivity contribution >= 4 is 29.2 Å². The van der Waals surface area contributed by atoms with Crippen LogP contribution in [-0.4, -0.2) is 33.8 Å². The van der Waals surface area contributed by atoms with Crippen LogP contribution in [0.4, 0.5) is 10.2 Å². The summed E-state index contributed by atoms with van der Waals surface area (Å²) in [7, 11) is 0. The van der Waals surface area contributed by atoms with Gasteiger partial charge in [0.2, 0.25) is 11.8 Å². The summed E-state index contributed by atoms with van der Waals surface area (Å²) in [4.78, 5) is 26.7. The zero-order valence-corrected chi connectivity index (χ0v) is 14.4. The van der Waals surface area contributed by atoms with Crippen molar-refractivity contribution in [3.63, 3.8) is 0 Å². The van der Waals surface area contributed by atoms with Crippen LogP contribution in [0.25, 0.3) is 0 Å². The Hall–Kier alpha value is -2.25. The number of carbonyl (C=O) groups excluding carboxylic acids is 2. The average Bonchev–Trinajstić information content (AvgIpc) is 3.36. The first-order valence-electron chi connectivity index (χ1n) is 8.54. The molecule has 134 valence electrons. The molecule has 1 aromatic carbocycles. The zero-order valence-electron chi connectivity index (χ0n) is 13.6. The molecule has 0 saturated carbocycles. The smallest absolute Gasteiger partial charge is 0.241 e. The molecule has 0 radical (unpaired) electrons. The van der Waals surface area contributed by atoms with E-state index in [0.717, 1.165) is 17.7 Å². The number of carbonyl (C=O) groups is 2. The van der Waals surface area contributed by atoms with E-state index in [-0.39, 0.29) is 36.4 Å². The van der Waals surface area contributed by atoms with Gasteiger partial charge in [-0.2, -0.15) is 5.10 Å². The van der Waals surface area contributed by atoms with E-state index in [1.807, 2.05) is 0 Å². The van der Waals surface area contributed by atoms with E-state index in [2.05, 4.69) is 5.10 Å². The topological polar surface area (TPSA) is 64.4 Å². The van der Waals surface area contributed by atoms with Gasteiger partial charge in [-0.25, -0.2) is 9.29 Å². The van der Waals surface area contributed by atoms with Crippen molar-refractivity contribution < 1.29 is 18.7 Å². The van der Waals surface area contributed by atoms with Gasteiger partial charge in [0.05, 0.1) is 30.6 Å². The zero-order chi connectivity index (χ0) is 18.0. The number of imide groups is 1. The molecule has 4 atom stereocenters. The van der Waals surface area contributed by atoms with Gasteiger partial charge in [-0.3, -0.25) is 14.3 Å². The number of nitrogens with zero attached hydrogens (tertiary/aromatic N) is 3. The molecule has 2 aromatic rings. The van der Waals surface area contributed by atoms with E-state index in [4.69, 9.17) is 16.3 Å². The highest BCUT2D eigenvalue weighted by molar-refractivity contribution is 6.31. The Kier molecular flexibility index (Phi) is 3.45. The number of rotatable bonds is 3. The van der Waals surface area contributed by atoms with Crippen LogP contribution in [0, 0.1) is 17.7 Å². The SMILES string of the molecule is O=C1[C@@H]2[C@H](C(=O)N1c1ccn(Cc3c(F)cccc3Cl)n1)[C@H]1CC[C@H]2O1. The Bertz CT molecular complexity index is 882. The molecule has 0 aliphatic carbocycles. The highest BCUT2D eigenvalue weighted by Gasteiger charge is 2.63. The number of hydrogen-bond acceptors (Lipinski definition) is 4. The number of benzene rings is 1. The van der Waals surface area contributed by atoms with Crippen LogP contribution < -0.4 is 4.90 Å². The summed E-state index contributed by atoms with van der Waals surface area (Å²) in [5.74, 6) is -1.45. The second-order valence-corrected chi connectivity index (χ2v) is 7.33. The molecule has 3 fully saturated rings. The first-order chi connectivity index (χ1) is 12.5. The standard InChI is InChI=1S/C18H15ClFN3O3/c19-10-2-1-3-11(20)9(10)8-22-7-6-14(21-22)23-17(24)15-12-4-5-13(26-12)16(15)18(23)25/h1-3,6-7,12-13,15-16H,4-5,8H2/t12-,13-,15-,16+/m1/s1. The van der Waals surface area contributed by atoms with E-state index >= 15 is 0 Å². The minimum absolute atomic E-state index is 0.114. The minimum Gasteiger partial charge on any atom is -0.373 e. The average molecular weight is 376 g/mol. The number of anilines is 1. The number of halogens is 2. The molecule has 0 N–H and O–H groups in total. The molecule has 3 aliphatic heterocycles. The fourth-order valence-corrected chi connectivity index (χ4v) is 4.56. The Morgan fingerprint density at radius 2 is 1.85 bits per heavy atom. The maximum atomic E-state index is 14.0. The molecule has 3 aliphatic rings. The van der Waals surface area contributed by atoms with Gasteiger partial charge in [0.1, 0.15) is 5.82 Å². The van der Waals surface area contributed by atoms with E-state index in [9.17, 15) is 14.0 Å². The van der Waals surface area contributed by atoms with Crippen LogP contribution in [0.2, 0.25) is 5.02 Å². The monoisotopic (exact) mass is 375 g/mol. The summed E-state index contributed by atoms with van der Waals surface area (Å²) in [5.41, 5.74) is 0.311. The molecule has 4 heterocycles. The number of fused-ring (bicyclic) bond motifs is 5. The molecule has 0 unspecified atom stereocenters. The van der Waals surface area contributed by atoms with Gasteiger partial charge in [0.15, 0.2) is 5.82 Å². The van der Waals surface area contributed by atoms with Crippen LogP contribution in [0.15, 0.2) is 30.5 Å². The van der Waals surface area contributed by atoms with E-state index in [0.29, 0.717) is 10.6 Å². The minimum atomic E-state index is -0.425. The largest absolute Gasteiger partial charge is 0.373 e. The number of ether oxygens (including phenoxy) is 1. The second-order valence-electron chi connectivity index (χ2n) is 6.93. The molecular formula is C18H15ClFN3O3. The van der Waals surface area contributed by atoms with Crippen molar-refractivity contribution in [3.8, 4) is 0 Å². The van der Waals surface area contributed by atoms with Gasteiger partial charge in [0.25, 0.3) is 0 Å². The van der Waals surface area contributed by atoms with Crippen molar-refractivity contribution in [3.05, 3.63) is 46.9 Å². The summed E-state index contributed by atoms with van der Waals surface area (Å²) < 4.78 is 21.2. The van der Waals surface area contributed by atoms with Crippen LogP contribution in [0.3, 0.4) is 0 Å². The van der Waals surface area contributed by atoms with E-state index in [1.54, 1.807) is 18.3 Å². The number of aromatic nitrogens is 2. The molecule has 0 spiro atoms. The van der Waals surface area contributed by atoms with Crippen LogP contribution in [0.1, 0.15) is 18.4 Å². The first kappa shape index (κ1) is 16.0. The summed E-state index contributed by atoms with van der Waals surface area (Å²) in [5, 5.41) is 4.61. The van der Waals surface area contributed by atoms with Gasteiger partial charge < -0.3 is 4.74 Å². The number of amides is 2. The van der Waals surface area contributed by atoms with E-state index < -0.39 is 17.7 Å². The molecule has 6 nitrogen and oxygen atoms in total. The molecule has 26 heavy (non-hydrogen) atoms. The third kappa shape index (κ3) is 2.17. The maximum absolute atomic E-state index is 14.0. The fraction of sp³-hybridized carbons (Fsp3) is 0.389. The van der Waals surface area contributed by atoms with Crippen LogP contribution in [0.5, 0.6) is 0 Å². The fourth-order valence-electron chi connectivity index (χ4n) is 4.34. The lowest BCUT2D eigenvalue weighted by atomic mass is 9.81. The highest BCUT2D eigenvalue weighted by atomic mass is 35.5. The van der Waals surface area contributed by atoms with Crippen LogP contribution >= 0.6 is 11.6 Å². The van der Waals surface area contributed by atoms with Crippen molar-refractivity contribution in [2.45, 2.75) is 31.6 Å². The second kappa shape index (κ2) is 5.62. The summed E-state index contributed by atoms with van der Waals surface area (Å²) in [6, 6.07) is 6.06. The lowest BCUT2D eigenvalue weighted by Crippen LogP contribution is -2.34. The van der Waals surface area contributed by atoms with E-state index in [1.165, 1.54) is 16.8 Å². The lowest BCUT2D eigenvalue weighted by Gasteiger charge is -2.15. The van der Waals surface area contributed by atoms with Gasteiger partial charge in [0, 0.05) is 22.8 Å². The Balaban J connectivity index is 1.42. The molecular weight excluding hydrogens is 361 g/mol. The number of hydrogen-bond donors (Lipinski definition) is 0. The Labute approximate surface area is 153 Å². The highest BCUT2D eigenvalue weighted by Crippen LogP contribution is 2.49. The van der Waals surface area contributed by atoms with Gasteiger partial charge in [-0.1, -0.05) is 17.7 Å². The van der Waals surface area contributed by atoms with Crippen molar-refractivity contribution in [1.29, 1.82) is 0 Å². The lowest BCUT2D eigenvalue weighted by molar-refractivity contribution is -0.124. The Morgan fingerprint density at radius 3 is 2.50 bits per heavy atom. The normalized spacial score (nSPS) is 29.7. The van der Waals surface area contributed by atoms with Crippen molar-refractivity contribution in [2.75, 3.05) is 4.90 Å². The Morgan fingerprint density at radius 1 is 1.15 bits per heavy atom.